The third-order valence-corrected chi connectivity index (χ3v) is 10.6. The van der Waals surface area contributed by atoms with Crippen molar-refractivity contribution in [1.82, 2.24) is 0 Å². The zero-order valence-corrected chi connectivity index (χ0v) is 25.4. The lowest BCUT2D eigenvalue weighted by Crippen LogP contribution is -2.73. The summed E-state index contributed by atoms with van der Waals surface area (Å²) in [6, 6.07) is 3.23. The summed E-state index contributed by atoms with van der Waals surface area (Å²) >= 11 is 0. The molecule has 1 fully saturated rings. The smallest absolute Gasteiger partial charge is 0.203 e. The van der Waals surface area contributed by atoms with Crippen molar-refractivity contribution in [3.05, 3.63) is 45.7 Å². The van der Waals surface area contributed by atoms with Crippen molar-refractivity contribution in [2.45, 2.75) is 92.6 Å². The minimum absolute atomic E-state index is 0.0166. The van der Waals surface area contributed by atoms with Crippen LogP contribution in [0.3, 0.4) is 0 Å². The number of benzene rings is 1. The Kier molecular flexibility index (Phi) is 7.22. The van der Waals surface area contributed by atoms with Gasteiger partial charge in [0.05, 0.1) is 5.56 Å². The number of Topliss-reactive ketones (excluding diaryl/α,β-unsaturated/α-hetero) is 4. The second-order valence-electron chi connectivity index (χ2n) is 13.2. The van der Waals surface area contributed by atoms with Gasteiger partial charge in [0, 0.05) is 35.2 Å². The van der Waals surface area contributed by atoms with Gasteiger partial charge in [0.2, 0.25) is 5.78 Å². The number of carbonyl (C=O) groups excluding carboxylic acids is 4. The number of aliphatic hydroxyl groups is 3. The van der Waals surface area contributed by atoms with E-state index in [1.807, 2.05) is 20.8 Å². The molecule has 1 aromatic carbocycles. The number of hydrogen-bond donors (Lipinski definition) is 4. The highest BCUT2D eigenvalue weighted by Gasteiger charge is 2.76. The maximum Gasteiger partial charge on any atom is 0.203 e. The van der Waals surface area contributed by atoms with Crippen LogP contribution in [0.5, 0.6) is 5.75 Å². The zero-order chi connectivity index (χ0) is 31.1. The molecule has 0 aromatic heterocycles. The number of carbonyl (C=O) groups is 4. The Bertz CT molecular complexity index is 1440. The highest BCUT2D eigenvalue weighted by atomic mass is 16.3. The van der Waals surface area contributed by atoms with Crippen LogP contribution in [0.4, 0.5) is 0 Å². The Morgan fingerprint density at radius 1 is 1.02 bits per heavy atom. The van der Waals surface area contributed by atoms with Crippen LogP contribution >= 0.6 is 0 Å². The molecule has 0 amide bonds. The normalized spacial score (nSPS) is 33.2. The molecule has 3 aliphatic rings. The number of hydrogen-bond acceptors (Lipinski definition) is 8. The van der Waals surface area contributed by atoms with E-state index >= 15 is 0 Å². The number of aromatic hydroxyl groups is 1. The molecule has 0 heterocycles. The van der Waals surface area contributed by atoms with Crippen molar-refractivity contribution >= 4 is 28.9 Å². The van der Waals surface area contributed by atoms with Gasteiger partial charge in [-0.3, -0.25) is 19.2 Å². The first kappa shape index (κ1) is 30.7. The minimum atomic E-state index is -2.79. The van der Waals surface area contributed by atoms with Crippen LogP contribution in [-0.4, -0.2) is 49.2 Å². The molecule has 4 N–H and O–H groups in total. The van der Waals surface area contributed by atoms with E-state index in [4.69, 9.17) is 0 Å². The molecule has 0 spiro atoms. The van der Waals surface area contributed by atoms with Crippen LogP contribution in [0.2, 0.25) is 0 Å². The number of ketones is 4. The summed E-state index contributed by atoms with van der Waals surface area (Å²) in [5.41, 5.74) is -5.16. The molecule has 3 aliphatic carbocycles. The van der Waals surface area contributed by atoms with Crippen molar-refractivity contribution in [3.63, 3.8) is 0 Å². The maximum absolute atomic E-state index is 14.7. The van der Waals surface area contributed by atoms with E-state index in [0.29, 0.717) is 5.56 Å². The lowest BCUT2D eigenvalue weighted by atomic mass is 9.37. The molecule has 8 heteroatoms. The molecule has 41 heavy (non-hydrogen) atoms. The second kappa shape index (κ2) is 9.65. The van der Waals surface area contributed by atoms with Gasteiger partial charge in [-0.15, -0.1) is 0 Å². The van der Waals surface area contributed by atoms with E-state index in [2.05, 4.69) is 0 Å². The van der Waals surface area contributed by atoms with Gasteiger partial charge >= 0.3 is 0 Å². The summed E-state index contributed by atoms with van der Waals surface area (Å²) in [4.78, 5) is 54.7. The molecule has 4 rings (SSSR count). The summed E-state index contributed by atoms with van der Waals surface area (Å²) in [6.07, 6.45) is 0.00836. The molecular weight excluding hydrogens is 524 g/mol. The van der Waals surface area contributed by atoms with E-state index in [0.717, 1.165) is 12.5 Å². The molecule has 1 aromatic rings. The molecule has 0 aliphatic heterocycles. The molecule has 1 saturated carbocycles. The predicted octanol–water partition coefficient (Wildman–Crippen LogP) is 5.47. The quantitative estimate of drug-likeness (QED) is 0.331. The van der Waals surface area contributed by atoms with Crippen molar-refractivity contribution in [1.29, 1.82) is 0 Å². The SMILES string of the molecule is CCC(=O)C[C@@H]1[C@]2(C)C(=C(O)c3c(O)ccc(C(C)C)c3[C@H]2C)C(=O)[C@@]2(O)C(O)=C(C(C)=O)C(=O)C(C(C)C)[C@@]12C. The van der Waals surface area contributed by atoms with Gasteiger partial charge in [0.1, 0.15) is 28.6 Å². The fourth-order valence-electron chi connectivity index (χ4n) is 8.53. The fraction of sp³-hybridized carbons (Fsp3) is 0.576. The van der Waals surface area contributed by atoms with Crippen molar-refractivity contribution in [2.75, 3.05) is 0 Å². The van der Waals surface area contributed by atoms with Crippen molar-refractivity contribution < 1.29 is 39.6 Å². The molecular formula is C33H42O8. The number of fused-ring (bicyclic) bond motifs is 3. The number of phenolic OH excluding ortho intramolecular Hbond substituents is 1. The third kappa shape index (κ3) is 3.62. The van der Waals surface area contributed by atoms with Crippen LogP contribution < -0.4 is 0 Å². The Balaban J connectivity index is 2.26. The molecule has 1 unspecified atom stereocenters. The van der Waals surface area contributed by atoms with Gasteiger partial charge in [-0.25, -0.2) is 0 Å². The first-order chi connectivity index (χ1) is 18.9. The average molecular weight is 567 g/mol. The van der Waals surface area contributed by atoms with E-state index in [1.165, 1.54) is 6.07 Å². The van der Waals surface area contributed by atoms with Gasteiger partial charge in [-0.2, -0.15) is 0 Å². The molecule has 0 saturated heterocycles. The van der Waals surface area contributed by atoms with Crippen molar-refractivity contribution in [2.24, 2.45) is 28.6 Å². The first-order valence-corrected chi connectivity index (χ1v) is 14.4. The first-order valence-electron chi connectivity index (χ1n) is 14.4. The van der Waals surface area contributed by atoms with Gasteiger partial charge in [0.25, 0.3) is 0 Å². The van der Waals surface area contributed by atoms with Crippen LogP contribution in [0.25, 0.3) is 5.76 Å². The Hall–Kier alpha value is -3.26. The molecule has 0 bridgehead atoms. The van der Waals surface area contributed by atoms with Crippen LogP contribution in [0.15, 0.2) is 29.0 Å². The Morgan fingerprint density at radius 2 is 1.61 bits per heavy atom. The average Bonchev–Trinajstić information content (AvgIpc) is 2.87. The highest BCUT2D eigenvalue weighted by molar-refractivity contribution is 6.24. The van der Waals surface area contributed by atoms with E-state index in [-0.39, 0.29) is 41.4 Å². The zero-order valence-electron chi connectivity index (χ0n) is 25.4. The van der Waals surface area contributed by atoms with Gasteiger partial charge in [-0.1, -0.05) is 61.5 Å². The number of allylic oxidation sites excluding steroid dienone is 1. The third-order valence-electron chi connectivity index (χ3n) is 10.6. The lowest BCUT2D eigenvalue weighted by molar-refractivity contribution is -0.199. The number of aliphatic hydroxyl groups excluding tert-OH is 2. The molecule has 8 nitrogen and oxygen atoms in total. The van der Waals surface area contributed by atoms with E-state index in [9.17, 15) is 39.6 Å². The topological polar surface area (TPSA) is 149 Å². The predicted molar refractivity (Wildman–Crippen MR) is 153 cm³/mol. The molecule has 6 atom stereocenters. The summed E-state index contributed by atoms with van der Waals surface area (Å²) in [5, 5.41) is 46.9. The molecule has 0 radical (unpaired) electrons. The van der Waals surface area contributed by atoms with Crippen molar-refractivity contribution in [3.8, 4) is 5.75 Å². The van der Waals surface area contributed by atoms with E-state index in [1.54, 1.807) is 40.7 Å². The summed E-state index contributed by atoms with van der Waals surface area (Å²) in [7, 11) is 0. The van der Waals surface area contributed by atoms with Crippen LogP contribution in [0, 0.1) is 28.6 Å². The maximum atomic E-state index is 14.7. The fourth-order valence-corrected chi connectivity index (χ4v) is 8.53. The number of phenols is 1. The Labute approximate surface area is 241 Å². The van der Waals surface area contributed by atoms with Gasteiger partial charge in [0.15, 0.2) is 17.2 Å². The largest absolute Gasteiger partial charge is 0.508 e. The summed E-state index contributed by atoms with van der Waals surface area (Å²) in [6.45, 7) is 15.4. The summed E-state index contributed by atoms with van der Waals surface area (Å²) in [5.74, 6) is -7.63. The van der Waals surface area contributed by atoms with Gasteiger partial charge < -0.3 is 20.4 Å². The summed E-state index contributed by atoms with van der Waals surface area (Å²) < 4.78 is 0. The lowest BCUT2D eigenvalue weighted by Gasteiger charge is -2.65. The second-order valence-corrected chi connectivity index (χ2v) is 13.2. The van der Waals surface area contributed by atoms with Gasteiger partial charge in [-0.05, 0) is 47.8 Å². The van der Waals surface area contributed by atoms with Crippen LogP contribution in [-0.2, 0) is 19.2 Å². The number of rotatable bonds is 6. The Morgan fingerprint density at radius 3 is 2.10 bits per heavy atom. The van der Waals surface area contributed by atoms with Crippen LogP contribution in [0.1, 0.15) is 104 Å². The minimum Gasteiger partial charge on any atom is -0.508 e. The molecule has 222 valence electrons. The monoisotopic (exact) mass is 566 g/mol. The highest BCUT2D eigenvalue weighted by Crippen LogP contribution is 2.71. The standard InChI is InChI=1S/C33H42O8/c1-10-18(35)13-21-31(8)16(6)22-19(14(2)3)11-12-20(36)24(22)28(38)26(31)30(40)33(41)29(39)23(17(7)34)27(37)25(15(4)5)32(21,33)9/h11-12,14-16,21,25,36,38-39,41H,10,13H2,1-9H3/t16-,21-,25?,31-,32-,33+/m1/s1. The van der Waals surface area contributed by atoms with E-state index < -0.39 is 74.5 Å².